The Bertz CT molecular complexity index is 857. The van der Waals surface area contributed by atoms with Gasteiger partial charge in [-0.2, -0.15) is 5.10 Å². The third kappa shape index (κ3) is 3.89. The summed E-state index contributed by atoms with van der Waals surface area (Å²) >= 11 is 0. The Kier molecular flexibility index (Phi) is 4.58. The number of hydrogen-bond acceptors (Lipinski definition) is 5. The van der Waals surface area contributed by atoms with Gasteiger partial charge < -0.3 is 10.4 Å². The SMILES string of the molecule is Cn1cc([C@@](C)(O)CNC(=O)c2cnc(-c3ccccc3)nc2)cn1. The van der Waals surface area contributed by atoms with Gasteiger partial charge in [0.15, 0.2) is 5.82 Å². The Morgan fingerprint density at radius 2 is 1.88 bits per heavy atom. The molecule has 0 saturated heterocycles. The number of benzene rings is 1. The van der Waals surface area contributed by atoms with Crippen molar-refractivity contribution in [1.29, 1.82) is 0 Å². The van der Waals surface area contributed by atoms with Crippen molar-refractivity contribution in [2.75, 3.05) is 6.54 Å². The fraction of sp³-hybridized carbons (Fsp3) is 0.222. The lowest BCUT2D eigenvalue weighted by molar-refractivity contribution is 0.0525. The highest BCUT2D eigenvalue weighted by Gasteiger charge is 2.25. The van der Waals surface area contributed by atoms with E-state index in [-0.39, 0.29) is 12.5 Å². The van der Waals surface area contributed by atoms with Crippen LogP contribution in [0.4, 0.5) is 0 Å². The summed E-state index contributed by atoms with van der Waals surface area (Å²) in [4.78, 5) is 20.7. The van der Waals surface area contributed by atoms with Crippen LogP contribution in [0, 0.1) is 0 Å². The van der Waals surface area contributed by atoms with Crippen LogP contribution in [0.5, 0.6) is 0 Å². The van der Waals surface area contributed by atoms with Crippen molar-refractivity contribution in [3.8, 4) is 11.4 Å². The Morgan fingerprint density at radius 1 is 1.20 bits per heavy atom. The fourth-order valence-electron chi connectivity index (χ4n) is 2.34. The van der Waals surface area contributed by atoms with E-state index in [2.05, 4.69) is 20.4 Å². The van der Waals surface area contributed by atoms with Crippen LogP contribution in [0.25, 0.3) is 11.4 Å². The normalized spacial score (nSPS) is 13.2. The average molecular weight is 337 g/mol. The molecule has 1 aromatic carbocycles. The molecule has 0 aliphatic heterocycles. The Balaban J connectivity index is 1.65. The van der Waals surface area contributed by atoms with E-state index in [4.69, 9.17) is 0 Å². The maximum absolute atomic E-state index is 12.3. The molecule has 0 radical (unpaired) electrons. The molecule has 3 aromatic rings. The molecule has 0 bridgehead atoms. The molecule has 0 aliphatic carbocycles. The molecule has 128 valence electrons. The number of amides is 1. The molecule has 0 saturated carbocycles. The number of aromatic nitrogens is 4. The molecule has 7 nitrogen and oxygen atoms in total. The Labute approximate surface area is 145 Å². The number of aliphatic hydroxyl groups is 1. The molecule has 2 aromatic heterocycles. The molecule has 0 spiro atoms. The van der Waals surface area contributed by atoms with Crippen molar-refractivity contribution < 1.29 is 9.90 Å². The van der Waals surface area contributed by atoms with Gasteiger partial charge in [0.1, 0.15) is 5.60 Å². The van der Waals surface area contributed by atoms with Crippen molar-refractivity contribution >= 4 is 5.91 Å². The summed E-state index contributed by atoms with van der Waals surface area (Å²) in [6.07, 6.45) is 6.24. The number of rotatable bonds is 5. The lowest BCUT2D eigenvalue weighted by Crippen LogP contribution is -2.38. The van der Waals surface area contributed by atoms with Crippen LogP contribution in [0.1, 0.15) is 22.8 Å². The highest BCUT2D eigenvalue weighted by atomic mass is 16.3. The van der Waals surface area contributed by atoms with E-state index < -0.39 is 5.60 Å². The lowest BCUT2D eigenvalue weighted by Gasteiger charge is -2.22. The summed E-state index contributed by atoms with van der Waals surface area (Å²) in [5.74, 6) is 0.211. The minimum Gasteiger partial charge on any atom is -0.383 e. The Morgan fingerprint density at radius 3 is 2.48 bits per heavy atom. The maximum atomic E-state index is 12.3. The van der Waals surface area contributed by atoms with Gasteiger partial charge in [-0.25, -0.2) is 9.97 Å². The smallest absolute Gasteiger partial charge is 0.254 e. The van der Waals surface area contributed by atoms with Gasteiger partial charge in [-0.3, -0.25) is 9.48 Å². The quantitative estimate of drug-likeness (QED) is 0.736. The van der Waals surface area contributed by atoms with Crippen LogP contribution in [-0.2, 0) is 12.6 Å². The van der Waals surface area contributed by atoms with E-state index in [0.29, 0.717) is 17.0 Å². The van der Waals surface area contributed by atoms with Crippen LogP contribution in [0.3, 0.4) is 0 Å². The molecule has 7 heteroatoms. The highest BCUT2D eigenvalue weighted by molar-refractivity contribution is 5.93. The number of aryl methyl sites for hydroxylation is 1. The van der Waals surface area contributed by atoms with Crippen molar-refractivity contribution in [2.45, 2.75) is 12.5 Å². The second-order valence-corrected chi connectivity index (χ2v) is 6.02. The topological polar surface area (TPSA) is 92.9 Å². The van der Waals surface area contributed by atoms with Gasteiger partial charge >= 0.3 is 0 Å². The first-order valence-electron chi connectivity index (χ1n) is 7.83. The van der Waals surface area contributed by atoms with Crippen LogP contribution in [0.2, 0.25) is 0 Å². The van der Waals surface area contributed by atoms with Gasteiger partial charge in [-0.1, -0.05) is 30.3 Å². The average Bonchev–Trinajstić information content (AvgIpc) is 3.08. The second kappa shape index (κ2) is 6.82. The van der Waals surface area contributed by atoms with Crippen molar-refractivity contribution in [3.63, 3.8) is 0 Å². The first kappa shape index (κ1) is 16.8. The fourth-order valence-corrected chi connectivity index (χ4v) is 2.34. The molecule has 2 N–H and O–H groups in total. The van der Waals surface area contributed by atoms with E-state index in [9.17, 15) is 9.90 Å². The third-order valence-electron chi connectivity index (χ3n) is 3.87. The van der Waals surface area contributed by atoms with E-state index >= 15 is 0 Å². The zero-order chi connectivity index (χ0) is 17.9. The number of nitrogens with zero attached hydrogens (tertiary/aromatic N) is 4. The van der Waals surface area contributed by atoms with Gasteiger partial charge in [0.25, 0.3) is 5.91 Å². The van der Waals surface area contributed by atoms with Gasteiger partial charge in [0.05, 0.1) is 18.3 Å². The van der Waals surface area contributed by atoms with E-state index in [0.717, 1.165) is 5.56 Å². The van der Waals surface area contributed by atoms with Crippen LogP contribution >= 0.6 is 0 Å². The highest BCUT2D eigenvalue weighted by Crippen LogP contribution is 2.19. The number of carbonyl (C=O) groups excluding carboxylic acids is 1. The van der Waals surface area contributed by atoms with E-state index in [1.807, 2.05) is 30.3 Å². The standard InChI is InChI=1S/C18H19N5O2/c1-18(25,15-10-22-23(2)11-15)12-21-17(24)14-8-19-16(20-9-14)13-6-4-3-5-7-13/h3-11,25H,12H2,1-2H3,(H,21,24)/t18-/m0/s1. The summed E-state index contributed by atoms with van der Waals surface area (Å²) in [5.41, 5.74) is 0.635. The molecular weight excluding hydrogens is 318 g/mol. The van der Waals surface area contributed by atoms with E-state index in [1.165, 1.54) is 12.4 Å². The van der Waals surface area contributed by atoms with Crippen LogP contribution in [0.15, 0.2) is 55.1 Å². The largest absolute Gasteiger partial charge is 0.383 e. The minimum absolute atomic E-state index is 0.0535. The molecule has 25 heavy (non-hydrogen) atoms. The van der Waals surface area contributed by atoms with Gasteiger partial charge in [-0.15, -0.1) is 0 Å². The number of nitrogens with one attached hydrogen (secondary N) is 1. The van der Waals surface area contributed by atoms with Crippen molar-refractivity contribution in [2.24, 2.45) is 7.05 Å². The summed E-state index contributed by atoms with van der Waals surface area (Å²) in [6.45, 7) is 1.68. The summed E-state index contributed by atoms with van der Waals surface area (Å²) in [7, 11) is 1.77. The van der Waals surface area contributed by atoms with Gasteiger partial charge in [0.2, 0.25) is 0 Å². The van der Waals surface area contributed by atoms with Gasteiger partial charge in [0, 0.05) is 36.8 Å². The lowest BCUT2D eigenvalue weighted by atomic mass is 9.99. The molecule has 0 unspecified atom stereocenters. The number of carbonyl (C=O) groups is 1. The second-order valence-electron chi connectivity index (χ2n) is 6.02. The molecule has 0 aliphatic rings. The molecule has 2 heterocycles. The van der Waals surface area contributed by atoms with Gasteiger partial charge in [-0.05, 0) is 6.92 Å². The summed E-state index contributed by atoms with van der Waals surface area (Å²) in [5, 5.41) is 17.2. The molecule has 1 amide bonds. The predicted molar refractivity (Wildman–Crippen MR) is 92.6 cm³/mol. The van der Waals surface area contributed by atoms with Crippen LogP contribution < -0.4 is 5.32 Å². The van der Waals surface area contributed by atoms with Crippen LogP contribution in [-0.4, -0.2) is 37.3 Å². The monoisotopic (exact) mass is 337 g/mol. The van der Waals surface area contributed by atoms with Crippen molar-refractivity contribution in [3.05, 3.63) is 66.2 Å². The molecule has 0 fully saturated rings. The molecular formula is C18H19N5O2. The first-order chi connectivity index (χ1) is 12.0. The summed E-state index contributed by atoms with van der Waals surface area (Å²) < 4.78 is 1.60. The zero-order valence-corrected chi connectivity index (χ0v) is 14.0. The minimum atomic E-state index is -1.21. The predicted octanol–water partition coefficient (Wildman–Crippen LogP) is 1.51. The Hall–Kier alpha value is -3.06. The van der Waals surface area contributed by atoms with Crippen molar-refractivity contribution in [1.82, 2.24) is 25.1 Å². The maximum Gasteiger partial charge on any atom is 0.254 e. The zero-order valence-electron chi connectivity index (χ0n) is 14.0. The molecule has 3 rings (SSSR count). The number of hydrogen-bond donors (Lipinski definition) is 2. The summed E-state index contributed by atoms with van der Waals surface area (Å²) in [6, 6.07) is 9.53. The van der Waals surface area contributed by atoms with E-state index in [1.54, 1.807) is 31.0 Å². The first-order valence-corrected chi connectivity index (χ1v) is 7.83. The molecule has 1 atom stereocenters. The third-order valence-corrected chi connectivity index (χ3v) is 3.87.